The van der Waals surface area contributed by atoms with Crippen molar-refractivity contribution in [2.45, 2.75) is 25.7 Å². The van der Waals surface area contributed by atoms with Crippen LogP contribution in [0.5, 0.6) is 0 Å². The van der Waals surface area contributed by atoms with Gasteiger partial charge in [0.2, 0.25) is 0 Å². The lowest BCUT2D eigenvalue weighted by Gasteiger charge is -2.16. The Bertz CT molecular complexity index is 779. The molecule has 0 aliphatic heterocycles. The lowest BCUT2D eigenvalue weighted by molar-refractivity contribution is 0.0465. The molecule has 1 aliphatic carbocycles. The minimum absolute atomic E-state index is 0.395. The maximum absolute atomic E-state index is 13.5. The molecule has 124 valence electrons. The van der Waals surface area contributed by atoms with Gasteiger partial charge in [0.05, 0.1) is 0 Å². The third-order valence-electron chi connectivity index (χ3n) is 4.17. The van der Waals surface area contributed by atoms with Crippen molar-refractivity contribution < 1.29 is 23.1 Å². The zero-order chi connectivity index (χ0) is 17.1. The maximum Gasteiger partial charge on any atom is 0.344 e. The molecule has 0 saturated carbocycles. The topological polar surface area (TPSA) is 43.4 Å². The zero-order valence-corrected chi connectivity index (χ0v) is 13.0. The van der Waals surface area contributed by atoms with E-state index in [-0.39, 0.29) is 0 Å². The largest absolute Gasteiger partial charge is 0.454 e. The Kier molecular flexibility index (Phi) is 4.69. The van der Waals surface area contributed by atoms with Crippen LogP contribution in [0.15, 0.2) is 36.4 Å². The number of fused-ring (bicyclic) bond motifs is 1. The molecule has 24 heavy (non-hydrogen) atoms. The Labute approximate surface area is 138 Å². The molecular formula is C19H16F2O3. The molecule has 0 heterocycles. The van der Waals surface area contributed by atoms with Crippen LogP contribution in [-0.2, 0) is 17.6 Å². The molecule has 0 bridgehead atoms. The Morgan fingerprint density at radius 3 is 2.33 bits per heavy atom. The van der Waals surface area contributed by atoms with Crippen LogP contribution in [0.1, 0.15) is 44.7 Å². The van der Waals surface area contributed by atoms with Gasteiger partial charge in [-0.2, -0.15) is 0 Å². The van der Waals surface area contributed by atoms with Gasteiger partial charge < -0.3 is 4.74 Å². The van der Waals surface area contributed by atoms with Crippen LogP contribution in [0.25, 0.3) is 0 Å². The Hall–Kier alpha value is -2.56. The first-order valence-electron chi connectivity index (χ1n) is 7.82. The SMILES string of the molecule is O=C(COC(=O)c1c(F)cccc1F)c1ccc2c(c1)CCCC2. The van der Waals surface area contributed by atoms with Crippen molar-refractivity contribution in [1.82, 2.24) is 0 Å². The third-order valence-corrected chi connectivity index (χ3v) is 4.17. The fraction of sp³-hybridized carbons (Fsp3) is 0.263. The highest BCUT2D eigenvalue weighted by Crippen LogP contribution is 2.22. The molecule has 0 atom stereocenters. The van der Waals surface area contributed by atoms with Gasteiger partial charge in [0.15, 0.2) is 12.4 Å². The van der Waals surface area contributed by atoms with E-state index in [1.807, 2.05) is 12.1 Å². The second-order valence-electron chi connectivity index (χ2n) is 5.79. The van der Waals surface area contributed by atoms with Crippen molar-refractivity contribution in [2.75, 3.05) is 6.61 Å². The molecule has 1 aliphatic rings. The average Bonchev–Trinajstić information content (AvgIpc) is 2.59. The summed E-state index contributed by atoms with van der Waals surface area (Å²) in [6, 6.07) is 8.51. The molecule has 0 aromatic heterocycles. The lowest BCUT2D eigenvalue weighted by Crippen LogP contribution is -2.17. The number of benzene rings is 2. The highest BCUT2D eigenvalue weighted by molar-refractivity contribution is 5.99. The minimum atomic E-state index is -1.18. The first-order chi connectivity index (χ1) is 11.6. The predicted molar refractivity (Wildman–Crippen MR) is 84.1 cm³/mol. The molecule has 0 N–H and O–H groups in total. The molecule has 2 aromatic rings. The number of esters is 1. The number of ether oxygens (including phenoxy) is 1. The summed E-state index contributed by atoms with van der Waals surface area (Å²) in [5.74, 6) is -3.60. The van der Waals surface area contributed by atoms with Crippen LogP contribution in [-0.4, -0.2) is 18.4 Å². The lowest BCUT2D eigenvalue weighted by atomic mass is 9.90. The summed E-state index contributed by atoms with van der Waals surface area (Å²) in [6.07, 6.45) is 4.17. The number of hydrogen-bond acceptors (Lipinski definition) is 3. The molecule has 0 fully saturated rings. The summed E-state index contributed by atoms with van der Waals surface area (Å²) in [6.45, 7) is -0.550. The number of Topliss-reactive ketones (excluding diaryl/α,β-unsaturated/α-hetero) is 1. The number of carbonyl (C=O) groups excluding carboxylic acids is 2. The molecule has 0 unspecified atom stereocenters. The van der Waals surface area contributed by atoms with Crippen LogP contribution in [0, 0.1) is 11.6 Å². The number of ketones is 1. The van der Waals surface area contributed by atoms with Crippen molar-refractivity contribution in [2.24, 2.45) is 0 Å². The summed E-state index contributed by atoms with van der Waals surface area (Å²) in [7, 11) is 0. The monoisotopic (exact) mass is 330 g/mol. The number of hydrogen-bond donors (Lipinski definition) is 0. The van der Waals surface area contributed by atoms with E-state index in [4.69, 9.17) is 4.74 Å². The number of carbonyl (C=O) groups is 2. The van der Waals surface area contributed by atoms with Gasteiger partial charge in [-0.05, 0) is 55.0 Å². The van der Waals surface area contributed by atoms with Crippen LogP contribution in [0.3, 0.4) is 0 Å². The number of aryl methyl sites for hydroxylation is 2. The highest BCUT2D eigenvalue weighted by Gasteiger charge is 2.20. The van der Waals surface area contributed by atoms with E-state index in [0.29, 0.717) is 5.56 Å². The minimum Gasteiger partial charge on any atom is -0.454 e. The summed E-state index contributed by atoms with van der Waals surface area (Å²) >= 11 is 0. The van der Waals surface area contributed by atoms with E-state index < -0.39 is 35.6 Å². The standard InChI is InChI=1S/C19H16F2O3/c20-15-6-3-7-16(21)18(15)19(23)24-11-17(22)14-9-8-12-4-1-2-5-13(12)10-14/h3,6-10H,1-2,4-5,11H2. The van der Waals surface area contributed by atoms with Crippen LogP contribution in [0.4, 0.5) is 8.78 Å². The summed E-state index contributed by atoms with van der Waals surface area (Å²) in [4.78, 5) is 24.0. The van der Waals surface area contributed by atoms with Gasteiger partial charge in [-0.1, -0.05) is 18.2 Å². The predicted octanol–water partition coefficient (Wildman–Crippen LogP) is 3.88. The summed E-state index contributed by atoms with van der Waals surface area (Å²) in [5.41, 5.74) is 2.04. The average molecular weight is 330 g/mol. The van der Waals surface area contributed by atoms with E-state index in [0.717, 1.165) is 49.4 Å². The Balaban J connectivity index is 1.68. The van der Waals surface area contributed by atoms with Crippen molar-refractivity contribution in [3.63, 3.8) is 0 Å². The fourth-order valence-electron chi connectivity index (χ4n) is 2.89. The molecule has 0 radical (unpaired) electrons. The van der Waals surface area contributed by atoms with E-state index in [9.17, 15) is 18.4 Å². The Morgan fingerprint density at radius 2 is 1.62 bits per heavy atom. The van der Waals surface area contributed by atoms with Gasteiger partial charge >= 0.3 is 5.97 Å². The van der Waals surface area contributed by atoms with Gasteiger partial charge in [0.1, 0.15) is 17.2 Å². The number of rotatable bonds is 4. The highest BCUT2D eigenvalue weighted by atomic mass is 19.1. The molecule has 0 saturated heterocycles. The van der Waals surface area contributed by atoms with Crippen molar-refractivity contribution in [3.8, 4) is 0 Å². The van der Waals surface area contributed by atoms with Crippen molar-refractivity contribution >= 4 is 11.8 Å². The van der Waals surface area contributed by atoms with E-state index in [1.54, 1.807) is 6.07 Å². The molecule has 5 heteroatoms. The smallest absolute Gasteiger partial charge is 0.344 e. The van der Waals surface area contributed by atoms with Gasteiger partial charge in [-0.25, -0.2) is 13.6 Å². The molecule has 3 rings (SSSR count). The normalized spacial score (nSPS) is 13.2. The first kappa shape index (κ1) is 16.3. The van der Waals surface area contributed by atoms with Gasteiger partial charge in [0.25, 0.3) is 0 Å². The molecule has 0 spiro atoms. The second kappa shape index (κ2) is 6.91. The maximum atomic E-state index is 13.5. The van der Waals surface area contributed by atoms with Crippen molar-refractivity contribution in [3.05, 3.63) is 70.3 Å². The van der Waals surface area contributed by atoms with Crippen LogP contribution in [0.2, 0.25) is 0 Å². The molecule has 2 aromatic carbocycles. The fourth-order valence-corrected chi connectivity index (χ4v) is 2.89. The summed E-state index contributed by atoms with van der Waals surface area (Å²) < 4.78 is 31.8. The quantitative estimate of drug-likeness (QED) is 0.631. The van der Waals surface area contributed by atoms with E-state index >= 15 is 0 Å². The third kappa shape index (κ3) is 3.35. The second-order valence-corrected chi connectivity index (χ2v) is 5.79. The summed E-state index contributed by atoms with van der Waals surface area (Å²) in [5, 5.41) is 0. The number of halogens is 2. The first-order valence-corrected chi connectivity index (χ1v) is 7.82. The van der Waals surface area contributed by atoms with Crippen LogP contribution < -0.4 is 0 Å². The molecular weight excluding hydrogens is 314 g/mol. The van der Waals surface area contributed by atoms with Crippen molar-refractivity contribution in [1.29, 1.82) is 0 Å². The molecule has 0 amide bonds. The van der Waals surface area contributed by atoms with E-state index in [1.165, 1.54) is 5.56 Å². The van der Waals surface area contributed by atoms with E-state index in [2.05, 4.69) is 0 Å². The Morgan fingerprint density at radius 1 is 0.958 bits per heavy atom. The zero-order valence-electron chi connectivity index (χ0n) is 13.0. The van der Waals surface area contributed by atoms with Gasteiger partial charge in [0, 0.05) is 5.56 Å². The van der Waals surface area contributed by atoms with Crippen LogP contribution >= 0.6 is 0 Å². The molecule has 3 nitrogen and oxygen atoms in total. The van der Waals surface area contributed by atoms with Gasteiger partial charge in [-0.15, -0.1) is 0 Å². The van der Waals surface area contributed by atoms with Gasteiger partial charge in [-0.3, -0.25) is 4.79 Å².